The zero-order chi connectivity index (χ0) is 14.2. The number of para-hydroxylation sites is 1. The topological polar surface area (TPSA) is 56.8 Å². The van der Waals surface area contributed by atoms with Gasteiger partial charge in [-0.3, -0.25) is 4.79 Å². The van der Waals surface area contributed by atoms with E-state index in [-0.39, 0.29) is 12.0 Å². The van der Waals surface area contributed by atoms with Gasteiger partial charge in [-0.15, -0.1) is 0 Å². The molecule has 1 fully saturated rings. The van der Waals surface area contributed by atoms with Gasteiger partial charge in [-0.05, 0) is 25.5 Å². The molecule has 0 bridgehead atoms. The highest BCUT2D eigenvalue weighted by atomic mass is 16.7. The third-order valence-electron chi connectivity index (χ3n) is 3.51. The first kappa shape index (κ1) is 13.4. The van der Waals surface area contributed by atoms with Gasteiger partial charge in [0, 0.05) is 13.0 Å². The summed E-state index contributed by atoms with van der Waals surface area (Å²) in [6, 6.07) is 7.73. The van der Waals surface area contributed by atoms with E-state index in [4.69, 9.17) is 14.2 Å². The predicted octanol–water partition coefficient (Wildman–Crippen LogP) is 1.26. The number of fused-ring (bicyclic) bond motifs is 1. The molecule has 0 radical (unpaired) electrons. The van der Waals surface area contributed by atoms with Crippen LogP contribution in [0, 0.1) is 0 Å². The molecule has 1 amide bonds. The summed E-state index contributed by atoms with van der Waals surface area (Å²) >= 11 is 0. The van der Waals surface area contributed by atoms with Gasteiger partial charge in [0.2, 0.25) is 0 Å². The van der Waals surface area contributed by atoms with Gasteiger partial charge in [-0.2, -0.15) is 0 Å². The highest BCUT2D eigenvalue weighted by Crippen LogP contribution is 2.28. The fraction of sp³-hybridized carbons (Fsp3) is 0.533. The molecule has 3 rings (SSSR count). The first-order chi connectivity index (χ1) is 9.53. The molecule has 2 aliphatic heterocycles. The van der Waals surface area contributed by atoms with E-state index in [0.29, 0.717) is 19.6 Å². The van der Waals surface area contributed by atoms with Gasteiger partial charge < -0.3 is 19.5 Å². The zero-order valence-electron chi connectivity index (χ0n) is 11.7. The normalized spacial score (nSPS) is 26.9. The van der Waals surface area contributed by atoms with Gasteiger partial charge in [0.15, 0.2) is 11.9 Å². The number of benzene rings is 1. The van der Waals surface area contributed by atoms with E-state index in [1.54, 1.807) is 0 Å². The molecule has 1 saturated heterocycles. The van der Waals surface area contributed by atoms with Crippen molar-refractivity contribution in [3.63, 3.8) is 0 Å². The maximum absolute atomic E-state index is 12.1. The summed E-state index contributed by atoms with van der Waals surface area (Å²) in [7, 11) is 0. The molecule has 1 aromatic carbocycles. The fourth-order valence-corrected chi connectivity index (χ4v) is 2.52. The molecule has 2 atom stereocenters. The van der Waals surface area contributed by atoms with Gasteiger partial charge in [-0.1, -0.05) is 18.2 Å². The van der Waals surface area contributed by atoms with Crippen LogP contribution in [0.2, 0.25) is 0 Å². The Bertz CT molecular complexity index is 489. The van der Waals surface area contributed by atoms with Crippen LogP contribution in [-0.4, -0.2) is 37.1 Å². The first-order valence-electron chi connectivity index (χ1n) is 6.87. The Morgan fingerprint density at radius 1 is 1.40 bits per heavy atom. The highest BCUT2D eigenvalue weighted by molar-refractivity contribution is 5.82. The molecule has 20 heavy (non-hydrogen) atoms. The van der Waals surface area contributed by atoms with E-state index in [1.807, 2.05) is 38.1 Å². The smallest absolute Gasteiger partial charge is 0.261 e. The molecule has 5 heteroatoms. The predicted molar refractivity (Wildman–Crippen MR) is 72.5 cm³/mol. The van der Waals surface area contributed by atoms with Gasteiger partial charge in [0.25, 0.3) is 5.91 Å². The molecule has 2 aliphatic rings. The van der Waals surface area contributed by atoms with Crippen LogP contribution in [0.3, 0.4) is 0 Å². The quantitative estimate of drug-likeness (QED) is 0.903. The Hall–Kier alpha value is -1.59. The minimum Gasteiger partial charge on any atom is -0.480 e. The molecule has 0 saturated carbocycles. The number of hydrogen-bond donors (Lipinski definition) is 1. The first-order valence-corrected chi connectivity index (χ1v) is 6.87. The summed E-state index contributed by atoms with van der Waals surface area (Å²) in [6.07, 6.45) is 0.0793. The van der Waals surface area contributed by atoms with Crippen LogP contribution in [0.5, 0.6) is 5.75 Å². The summed E-state index contributed by atoms with van der Waals surface area (Å²) in [6.45, 7) is 4.68. The molecule has 108 valence electrons. The largest absolute Gasteiger partial charge is 0.480 e. The molecule has 1 N–H and O–H groups in total. The van der Waals surface area contributed by atoms with E-state index in [9.17, 15) is 4.79 Å². The number of nitrogens with one attached hydrogen (secondary N) is 1. The minimum atomic E-state index is -0.560. The summed E-state index contributed by atoms with van der Waals surface area (Å²) < 4.78 is 16.7. The van der Waals surface area contributed by atoms with Crippen LogP contribution >= 0.6 is 0 Å². The molecular formula is C15H19NO4. The average molecular weight is 277 g/mol. The van der Waals surface area contributed by atoms with Crippen molar-refractivity contribution < 1.29 is 19.0 Å². The summed E-state index contributed by atoms with van der Waals surface area (Å²) in [5.74, 6) is 0.138. The van der Waals surface area contributed by atoms with Crippen molar-refractivity contribution in [1.29, 1.82) is 0 Å². The van der Waals surface area contributed by atoms with Crippen molar-refractivity contribution in [3.05, 3.63) is 29.8 Å². The molecular weight excluding hydrogens is 258 g/mol. The summed E-state index contributed by atoms with van der Waals surface area (Å²) in [5, 5.41) is 2.87. The number of hydrogen-bond acceptors (Lipinski definition) is 4. The lowest BCUT2D eigenvalue weighted by molar-refractivity contribution is -0.140. The number of amides is 1. The van der Waals surface area contributed by atoms with Crippen LogP contribution in [0.1, 0.15) is 19.4 Å². The average Bonchev–Trinajstić information content (AvgIpc) is 2.99. The minimum absolute atomic E-state index is 0.0993. The van der Waals surface area contributed by atoms with Crippen molar-refractivity contribution in [2.75, 3.05) is 13.2 Å². The molecule has 0 spiro atoms. The molecule has 2 unspecified atom stereocenters. The van der Waals surface area contributed by atoms with Crippen LogP contribution in [-0.2, 0) is 20.7 Å². The summed E-state index contributed by atoms with van der Waals surface area (Å²) in [5.41, 5.74) is 1.08. The van der Waals surface area contributed by atoms with Crippen molar-refractivity contribution in [3.8, 4) is 5.75 Å². The van der Waals surface area contributed by atoms with Gasteiger partial charge in [0.05, 0.1) is 6.61 Å². The Morgan fingerprint density at radius 3 is 2.90 bits per heavy atom. The van der Waals surface area contributed by atoms with Crippen LogP contribution in [0.25, 0.3) is 0 Å². The van der Waals surface area contributed by atoms with Gasteiger partial charge in [0.1, 0.15) is 11.9 Å². The third kappa shape index (κ3) is 2.78. The molecule has 1 aromatic rings. The zero-order valence-corrected chi connectivity index (χ0v) is 11.7. The van der Waals surface area contributed by atoms with E-state index in [0.717, 1.165) is 11.3 Å². The van der Waals surface area contributed by atoms with Crippen molar-refractivity contribution >= 4 is 5.91 Å². The monoisotopic (exact) mass is 277 g/mol. The third-order valence-corrected chi connectivity index (χ3v) is 3.51. The lowest BCUT2D eigenvalue weighted by Gasteiger charge is -2.18. The van der Waals surface area contributed by atoms with Gasteiger partial charge in [-0.25, -0.2) is 0 Å². The lowest BCUT2D eigenvalue weighted by atomic mass is 10.1. The lowest BCUT2D eigenvalue weighted by Crippen LogP contribution is -2.42. The van der Waals surface area contributed by atoms with Crippen LogP contribution in [0.4, 0.5) is 0 Å². The number of rotatable bonds is 3. The number of ether oxygens (including phenoxy) is 3. The highest BCUT2D eigenvalue weighted by Gasteiger charge is 2.34. The van der Waals surface area contributed by atoms with Gasteiger partial charge >= 0.3 is 0 Å². The van der Waals surface area contributed by atoms with Crippen molar-refractivity contribution in [2.45, 2.75) is 38.3 Å². The van der Waals surface area contributed by atoms with E-state index < -0.39 is 11.9 Å². The maximum Gasteiger partial charge on any atom is 0.261 e. The number of carbonyl (C=O) groups is 1. The Labute approximate surface area is 118 Å². The van der Waals surface area contributed by atoms with Crippen molar-refractivity contribution in [2.24, 2.45) is 0 Å². The Balaban J connectivity index is 1.50. The molecule has 2 heterocycles. The van der Waals surface area contributed by atoms with E-state index in [2.05, 4.69) is 5.32 Å². The second-order valence-corrected chi connectivity index (χ2v) is 5.61. The second kappa shape index (κ2) is 5.07. The Morgan fingerprint density at radius 2 is 2.20 bits per heavy atom. The SMILES string of the molecule is CC1(C)OCC(CNC(=O)C2Cc3ccccc3O2)O1. The Kier molecular flexibility index (Phi) is 3.40. The standard InChI is InChI=1S/C15H19NO4/c1-15(2)18-9-11(20-15)8-16-14(17)13-7-10-5-3-4-6-12(10)19-13/h3-6,11,13H,7-9H2,1-2H3,(H,16,17). The molecule has 0 aliphatic carbocycles. The number of carbonyl (C=O) groups excluding carboxylic acids is 1. The van der Waals surface area contributed by atoms with E-state index in [1.165, 1.54) is 0 Å². The maximum atomic E-state index is 12.1. The van der Waals surface area contributed by atoms with Crippen LogP contribution in [0.15, 0.2) is 24.3 Å². The fourth-order valence-electron chi connectivity index (χ4n) is 2.52. The second-order valence-electron chi connectivity index (χ2n) is 5.61. The molecule has 0 aromatic heterocycles. The van der Waals surface area contributed by atoms with Crippen molar-refractivity contribution in [1.82, 2.24) is 5.32 Å². The van der Waals surface area contributed by atoms with Crippen LogP contribution < -0.4 is 10.1 Å². The molecule has 5 nitrogen and oxygen atoms in total. The summed E-state index contributed by atoms with van der Waals surface area (Å²) in [4.78, 5) is 12.1. The van der Waals surface area contributed by atoms with E-state index >= 15 is 0 Å².